The Morgan fingerprint density at radius 1 is 0.909 bits per heavy atom. The number of hydrogen-bond acceptors (Lipinski definition) is 3. The molecule has 0 unspecified atom stereocenters. The second-order valence-electron chi connectivity index (χ2n) is 4.81. The first kappa shape index (κ1) is 13.7. The fourth-order valence-electron chi connectivity index (χ4n) is 2.30. The maximum atomic E-state index is 3.22. The molecule has 0 nitrogen and oxygen atoms in total. The smallest absolute Gasteiger partial charge is 0.0521 e. The molecule has 0 radical (unpaired) electrons. The maximum Gasteiger partial charge on any atom is 0.0521 e. The van der Waals surface area contributed by atoms with Crippen molar-refractivity contribution in [3.05, 3.63) is 82.3 Å². The summed E-state index contributed by atoms with van der Waals surface area (Å²) in [6, 6.07) is 10.9. The zero-order valence-corrected chi connectivity index (χ0v) is 14.1. The van der Waals surface area contributed by atoms with Crippen LogP contribution in [-0.4, -0.2) is 0 Å². The van der Waals surface area contributed by atoms with Crippen LogP contribution in [0.4, 0.5) is 0 Å². The van der Waals surface area contributed by atoms with Gasteiger partial charge in [0.25, 0.3) is 0 Å². The topological polar surface area (TPSA) is 0 Å². The molecule has 3 aromatic heterocycles. The van der Waals surface area contributed by atoms with Gasteiger partial charge in [-0.05, 0) is 52.8 Å². The summed E-state index contributed by atoms with van der Waals surface area (Å²) in [5.74, 6) is 0. The van der Waals surface area contributed by atoms with Crippen LogP contribution in [0.3, 0.4) is 0 Å². The average molecular weight is 337 g/mol. The monoisotopic (exact) mass is 336 g/mol. The van der Waals surface area contributed by atoms with E-state index >= 15 is 0 Å². The third kappa shape index (κ3) is 2.72. The van der Waals surface area contributed by atoms with Gasteiger partial charge in [-0.15, -0.1) is 39.7 Å². The molecular formula is C19H12S3. The Hall–Kier alpha value is -1.90. The second-order valence-corrected chi connectivity index (χ2v) is 7.76. The Kier molecular flexibility index (Phi) is 3.79. The van der Waals surface area contributed by atoms with Crippen LogP contribution in [0.5, 0.6) is 0 Å². The first-order valence-electron chi connectivity index (χ1n) is 6.93. The van der Waals surface area contributed by atoms with Crippen LogP contribution in [0.25, 0.3) is 25.6 Å². The van der Waals surface area contributed by atoms with Gasteiger partial charge in [0, 0.05) is 20.2 Å². The molecule has 3 heterocycles. The van der Waals surface area contributed by atoms with Crippen molar-refractivity contribution in [2.24, 2.45) is 0 Å². The zero-order valence-electron chi connectivity index (χ0n) is 11.7. The van der Waals surface area contributed by atoms with E-state index in [2.05, 4.69) is 65.1 Å². The minimum Gasteiger partial charge on any atom is -0.143 e. The number of allylic oxidation sites excluding steroid dienone is 4. The van der Waals surface area contributed by atoms with E-state index in [0.29, 0.717) is 0 Å². The van der Waals surface area contributed by atoms with E-state index in [0.717, 1.165) is 5.57 Å². The zero-order chi connectivity index (χ0) is 14.8. The van der Waals surface area contributed by atoms with Crippen molar-refractivity contribution in [1.29, 1.82) is 0 Å². The third-order valence-electron chi connectivity index (χ3n) is 3.33. The molecular weight excluding hydrogens is 324 g/mol. The SMILES string of the molecule is C1=CC=CC=1/C=C/c1cc(-c2cccs2)sc1-c1cccs1. The van der Waals surface area contributed by atoms with Gasteiger partial charge in [0.05, 0.1) is 4.88 Å². The fraction of sp³-hybridized carbons (Fsp3) is 0. The van der Waals surface area contributed by atoms with Crippen molar-refractivity contribution in [2.75, 3.05) is 0 Å². The molecule has 0 N–H and O–H groups in total. The second kappa shape index (κ2) is 6.07. The average Bonchev–Trinajstić information content (AvgIpc) is 3.33. The Bertz CT molecular complexity index is 894. The van der Waals surface area contributed by atoms with E-state index in [9.17, 15) is 0 Å². The van der Waals surface area contributed by atoms with Crippen molar-refractivity contribution in [2.45, 2.75) is 0 Å². The van der Waals surface area contributed by atoms with Crippen molar-refractivity contribution in [3.63, 3.8) is 0 Å². The van der Waals surface area contributed by atoms with Gasteiger partial charge in [-0.3, -0.25) is 0 Å². The number of rotatable bonds is 4. The molecule has 0 amide bonds. The van der Waals surface area contributed by atoms with E-state index in [4.69, 9.17) is 0 Å². The lowest BCUT2D eigenvalue weighted by molar-refractivity contribution is 1.76. The van der Waals surface area contributed by atoms with Crippen LogP contribution < -0.4 is 0 Å². The molecule has 0 fully saturated rings. The molecule has 1 aliphatic rings. The van der Waals surface area contributed by atoms with Crippen LogP contribution in [0, 0.1) is 0 Å². The molecule has 3 aromatic rings. The molecule has 0 aliphatic heterocycles. The summed E-state index contributed by atoms with van der Waals surface area (Å²) in [4.78, 5) is 5.35. The maximum absolute atomic E-state index is 3.22. The van der Waals surface area contributed by atoms with Gasteiger partial charge in [-0.2, -0.15) is 0 Å². The summed E-state index contributed by atoms with van der Waals surface area (Å²) in [7, 11) is 0. The normalized spacial score (nSPS) is 13.4. The molecule has 0 saturated carbocycles. The molecule has 0 atom stereocenters. The lowest BCUT2D eigenvalue weighted by Crippen LogP contribution is -1.71. The first-order chi connectivity index (χ1) is 10.9. The van der Waals surface area contributed by atoms with Gasteiger partial charge in [0.15, 0.2) is 0 Å². The molecule has 3 heteroatoms. The fourth-order valence-corrected chi connectivity index (χ4v) is 5.15. The minimum absolute atomic E-state index is 1.13. The number of thiophene rings is 3. The van der Waals surface area contributed by atoms with E-state index in [1.807, 2.05) is 23.5 Å². The molecule has 4 rings (SSSR count). The van der Waals surface area contributed by atoms with E-state index in [1.54, 1.807) is 22.7 Å². The number of hydrogen-bond donors (Lipinski definition) is 0. The summed E-state index contributed by atoms with van der Waals surface area (Å²) >= 11 is 5.46. The molecule has 22 heavy (non-hydrogen) atoms. The molecule has 0 bridgehead atoms. The van der Waals surface area contributed by atoms with Gasteiger partial charge < -0.3 is 0 Å². The predicted molar refractivity (Wildman–Crippen MR) is 101 cm³/mol. The minimum atomic E-state index is 1.13. The lowest BCUT2D eigenvalue weighted by atomic mass is 10.1. The van der Waals surface area contributed by atoms with Crippen LogP contribution in [0.15, 0.2) is 76.7 Å². The Morgan fingerprint density at radius 3 is 2.41 bits per heavy atom. The molecule has 0 spiro atoms. The van der Waals surface area contributed by atoms with Crippen molar-refractivity contribution in [1.82, 2.24) is 0 Å². The van der Waals surface area contributed by atoms with E-state index in [1.165, 1.54) is 25.1 Å². The summed E-state index contributed by atoms with van der Waals surface area (Å²) in [6.45, 7) is 0. The highest BCUT2D eigenvalue weighted by Crippen LogP contribution is 2.42. The van der Waals surface area contributed by atoms with Gasteiger partial charge in [0.1, 0.15) is 0 Å². The first-order valence-corrected chi connectivity index (χ1v) is 9.51. The largest absolute Gasteiger partial charge is 0.143 e. The highest BCUT2D eigenvalue weighted by Gasteiger charge is 2.12. The summed E-state index contributed by atoms with van der Waals surface area (Å²) in [5.41, 5.74) is 5.63. The standard InChI is InChI=1S/C19H12S3/c1-2-6-14(5-1)9-10-15-13-18(16-7-3-11-20-16)22-19(15)17-8-4-12-21-17/h1-5,7-13H/b10-9+. The van der Waals surface area contributed by atoms with Gasteiger partial charge in [0.2, 0.25) is 0 Å². The summed E-state index contributed by atoms with van der Waals surface area (Å²) in [5, 5.41) is 4.27. The predicted octanol–water partition coefficient (Wildman–Crippen LogP) is 6.87. The lowest BCUT2D eigenvalue weighted by Gasteiger charge is -1.95. The van der Waals surface area contributed by atoms with Crippen molar-refractivity contribution in [3.8, 4) is 19.5 Å². The third-order valence-corrected chi connectivity index (χ3v) is 6.60. The van der Waals surface area contributed by atoms with Crippen LogP contribution >= 0.6 is 34.0 Å². The highest BCUT2D eigenvalue weighted by atomic mass is 32.1. The Labute approximate surface area is 141 Å². The van der Waals surface area contributed by atoms with E-state index < -0.39 is 0 Å². The molecule has 1 aliphatic carbocycles. The van der Waals surface area contributed by atoms with Crippen molar-refractivity contribution >= 4 is 40.1 Å². The van der Waals surface area contributed by atoms with Gasteiger partial charge in [-0.25, -0.2) is 0 Å². The summed E-state index contributed by atoms with van der Waals surface area (Å²) in [6.07, 6.45) is 10.4. The van der Waals surface area contributed by atoms with E-state index in [-0.39, 0.29) is 0 Å². The van der Waals surface area contributed by atoms with Crippen LogP contribution in [0.1, 0.15) is 5.56 Å². The van der Waals surface area contributed by atoms with Gasteiger partial charge in [-0.1, -0.05) is 24.3 Å². The summed E-state index contributed by atoms with van der Waals surface area (Å²) < 4.78 is 0. The quantitative estimate of drug-likeness (QED) is 0.456. The van der Waals surface area contributed by atoms with Crippen LogP contribution in [-0.2, 0) is 0 Å². The molecule has 0 aromatic carbocycles. The highest BCUT2D eigenvalue weighted by molar-refractivity contribution is 7.26. The molecule has 0 saturated heterocycles. The van der Waals surface area contributed by atoms with Crippen molar-refractivity contribution < 1.29 is 0 Å². The van der Waals surface area contributed by atoms with Crippen LogP contribution in [0.2, 0.25) is 0 Å². The van der Waals surface area contributed by atoms with Gasteiger partial charge >= 0.3 is 0 Å². The Morgan fingerprint density at radius 2 is 1.73 bits per heavy atom. The Balaban J connectivity index is 1.78. The molecule has 106 valence electrons.